The van der Waals surface area contributed by atoms with Gasteiger partial charge in [0.2, 0.25) is 0 Å². The zero-order chi connectivity index (χ0) is 29.0. The van der Waals surface area contributed by atoms with Crippen LogP contribution in [0, 0.1) is 20.2 Å². The molecule has 5 N–H and O–H groups in total. The predicted molar refractivity (Wildman–Crippen MR) is 156 cm³/mol. The molecular weight excluding hydrogens is 550 g/mol. The predicted octanol–water partition coefficient (Wildman–Crippen LogP) is 4.40. The molecule has 0 aliphatic heterocycles. The van der Waals surface area contributed by atoms with E-state index in [9.17, 15) is 34.6 Å². The number of carboxylic acid groups (broad SMARTS) is 1. The number of aromatic amines is 2. The van der Waals surface area contributed by atoms with Gasteiger partial charge in [0.15, 0.2) is 0 Å². The summed E-state index contributed by atoms with van der Waals surface area (Å²) in [5.74, 6) is -1.17. The number of carbonyl (C=O) groups is 1. The Morgan fingerprint density at radius 2 is 1.33 bits per heavy atom. The first-order valence-corrected chi connectivity index (χ1v) is 11.2. The van der Waals surface area contributed by atoms with Gasteiger partial charge in [-0.3, -0.25) is 40.0 Å². The molecule has 0 fully saturated rings. The molecule has 0 bridgehead atoms. The van der Waals surface area contributed by atoms with Gasteiger partial charge in [0.05, 0.1) is 43.4 Å². The van der Waals surface area contributed by atoms with Crippen molar-refractivity contribution in [1.29, 1.82) is 0 Å². The van der Waals surface area contributed by atoms with Gasteiger partial charge >= 0.3 is 11.7 Å². The van der Waals surface area contributed by atoms with Crippen LogP contribution in [0.1, 0.15) is 25.2 Å². The molecule has 0 amide bonds. The number of hydrogen-bond acceptors (Lipinski definition) is 10. The highest BCUT2D eigenvalue weighted by Gasteiger charge is 2.16. The van der Waals surface area contributed by atoms with Gasteiger partial charge < -0.3 is 15.8 Å². The van der Waals surface area contributed by atoms with Crippen LogP contribution in [0.5, 0.6) is 0 Å². The number of fused-ring (bicyclic) bond motifs is 1. The Labute approximate surface area is 236 Å². The minimum absolute atomic E-state index is 0. The molecule has 0 unspecified atom stereocenters. The average molecular weight is 576 g/mol. The quantitative estimate of drug-likeness (QED) is 0.169. The molecule has 2 aromatic carbocycles. The molecule has 0 aliphatic carbocycles. The molecule has 216 valence electrons. The summed E-state index contributed by atoms with van der Waals surface area (Å²) in [6, 6.07) is 14.3. The van der Waals surface area contributed by atoms with Gasteiger partial charge in [-0.25, -0.2) is 9.59 Å². The number of nitrogens with one attached hydrogen (secondary N) is 2. The fourth-order valence-electron chi connectivity index (χ4n) is 3.73. The van der Waals surface area contributed by atoms with Gasteiger partial charge in [0, 0.05) is 47.8 Å². The number of anilines is 1. The molecule has 0 atom stereocenters. The highest BCUT2D eigenvalue weighted by atomic mass is 16.6. The Balaban J connectivity index is 0.000000282. The number of nitrogen functional groups attached to an aromatic ring is 1. The molecule has 0 saturated carbocycles. The first-order chi connectivity index (χ1) is 19.1. The zero-order valence-electron chi connectivity index (χ0n) is 20.1. The Bertz CT molecular complexity index is 1920. The molecule has 0 spiro atoms. The van der Waals surface area contributed by atoms with E-state index in [0.29, 0.717) is 16.8 Å². The maximum Gasteiger partial charge on any atom is 0.337 e. The van der Waals surface area contributed by atoms with E-state index in [1.807, 2.05) is 0 Å². The number of benzene rings is 2. The lowest BCUT2D eigenvalue weighted by atomic mass is 10.1. The Morgan fingerprint density at radius 1 is 0.810 bits per heavy atom. The van der Waals surface area contributed by atoms with Crippen LogP contribution < -0.4 is 17.0 Å². The second kappa shape index (κ2) is 13.2. The number of rotatable bonds is 5. The van der Waals surface area contributed by atoms with E-state index in [1.165, 1.54) is 60.9 Å². The molecule has 5 rings (SSSR count). The molecule has 3 aromatic heterocycles. The summed E-state index contributed by atoms with van der Waals surface area (Å²) in [6.45, 7) is 0. The minimum Gasteiger partial charge on any atom is -0.478 e. The summed E-state index contributed by atoms with van der Waals surface area (Å²) in [7, 11) is 0. The van der Waals surface area contributed by atoms with E-state index in [-0.39, 0.29) is 54.1 Å². The van der Waals surface area contributed by atoms with Gasteiger partial charge in [0.25, 0.3) is 16.9 Å². The van der Waals surface area contributed by atoms with E-state index in [4.69, 9.17) is 10.8 Å². The zero-order valence-corrected chi connectivity index (χ0v) is 20.1. The molecular formula is C27H25N7O8. The van der Waals surface area contributed by atoms with Crippen LogP contribution in [-0.2, 0) is 0 Å². The fraction of sp³-hybridized carbons (Fsp3) is 0.0741. The number of nitro groups is 2. The Morgan fingerprint density at radius 3 is 1.88 bits per heavy atom. The molecule has 3 heterocycles. The molecule has 0 radical (unpaired) electrons. The molecule has 0 aliphatic rings. The van der Waals surface area contributed by atoms with Crippen molar-refractivity contribution in [3.8, 4) is 22.5 Å². The Kier molecular flexibility index (Phi) is 10.0. The van der Waals surface area contributed by atoms with E-state index in [1.54, 1.807) is 12.1 Å². The van der Waals surface area contributed by atoms with Gasteiger partial charge in [-0.2, -0.15) is 0 Å². The first kappa shape index (κ1) is 32.0. The van der Waals surface area contributed by atoms with E-state index < -0.39 is 27.1 Å². The Hall–Kier alpha value is -6.25. The van der Waals surface area contributed by atoms with Crippen molar-refractivity contribution in [1.82, 2.24) is 19.9 Å². The summed E-state index contributed by atoms with van der Waals surface area (Å²) < 4.78 is 0. The highest BCUT2D eigenvalue weighted by Crippen LogP contribution is 2.29. The molecule has 15 heteroatoms. The lowest BCUT2D eigenvalue weighted by Crippen LogP contribution is -2.22. The molecule has 5 aromatic rings. The van der Waals surface area contributed by atoms with E-state index in [2.05, 4.69) is 19.9 Å². The number of pyridine rings is 2. The lowest BCUT2D eigenvalue weighted by Gasteiger charge is -2.07. The summed E-state index contributed by atoms with van der Waals surface area (Å²) in [4.78, 5) is 67.3. The maximum absolute atomic E-state index is 11.7. The normalized spacial score (nSPS) is 9.90. The third-order valence-electron chi connectivity index (χ3n) is 5.54. The number of nitrogens with two attached hydrogens (primary N) is 1. The first-order valence-electron chi connectivity index (χ1n) is 11.2. The number of nitrogens with zero attached hydrogens (tertiary/aromatic N) is 4. The summed E-state index contributed by atoms with van der Waals surface area (Å²) in [5.41, 5.74) is 5.81. The second-order valence-electron chi connectivity index (χ2n) is 8.03. The number of non-ortho nitro benzene ring substituents is 2. The molecule has 15 nitrogen and oxygen atoms in total. The van der Waals surface area contributed by atoms with E-state index in [0.717, 1.165) is 0 Å². The molecule has 42 heavy (non-hydrogen) atoms. The average Bonchev–Trinajstić information content (AvgIpc) is 2.93. The van der Waals surface area contributed by atoms with Gasteiger partial charge in [-0.1, -0.05) is 39.1 Å². The van der Waals surface area contributed by atoms with Crippen molar-refractivity contribution in [3.63, 3.8) is 0 Å². The number of H-pyrrole nitrogens is 2. The standard InChI is InChI=1S/C13H8N4O4.C12H9N3O4.2CH4/c18-12-9-4-5-14-10(11(9)15-13(19)16-12)7-2-1-3-8(6-7)17(20)21;13-10-9(12(16)17)4-5-14-11(10)7-2-1-3-8(6-7)15(18)19;;/h1-6H,(H2,15,16,18,19);1-6H,13H2,(H,16,17);2*1H4. The molecule has 0 saturated heterocycles. The number of hydrogen-bond donors (Lipinski definition) is 4. The van der Waals surface area contributed by atoms with Gasteiger partial charge in [-0.15, -0.1) is 0 Å². The minimum atomic E-state index is -1.17. The van der Waals surface area contributed by atoms with Crippen LogP contribution in [0.25, 0.3) is 33.4 Å². The monoisotopic (exact) mass is 575 g/mol. The maximum atomic E-state index is 11.7. The largest absolute Gasteiger partial charge is 0.478 e. The van der Waals surface area contributed by atoms with Crippen LogP contribution in [0.15, 0.2) is 82.6 Å². The highest BCUT2D eigenvalue weighted by molar-refractivity contribution is 5.97. The number of aromatic nitrogens is 4. The van der Waals surface area contributed by atoms with E-state index >= 15 is 0 Å². The van der Waals surface area contributed by atoms with Crippen molar-refractivity contribution in [3.05, 3.63) is 120 Å². The van der Waals surface area contributed by atoms with Crippen LogP contribution >= 0.6 is 0 Å². The van der Waals surface area contributed by atoms with Gasteiger partial charge in [0.1, 0.15) is 0 Å². The summed E-state index contributed by atoms with van der Waals surface area (Å²) in [5, 5.41) is 30.8. The number of nitro benzene ring substituents is 2. The topological polar surface area (TPSA) is 241 Å². The smallest absolute Gasteiger partial charge is 0.337 e. The van der Waals surface area contributed by atoms with Crippen LogP contribution in [0.3, 0.4) is 0 Å². The third kappa shape index (κ3) is 6.66. The van der Waals surface area contributed by atoms with Crippen molar-refractivity contribution in [2.45, 2.75) is 14.9 Å². The van der Waals surface area contributed by atoms with Crippen LogP contribution in [0.4, 0.5) is 17.1 Å². The van der Waals surface area contributed by atoms with Crippen molar-refractivity contribution < 1.29 is 19.7 Å². The lowest BCUT2D eigenvalue weighted by molar-refractivity contribution is -0.385. The number of aromatic carboxylic acids is 1. The van der Waals surface area contributed by atoms with Crippen LogP contribution in [-0.4, -0.2) is 40.9 Å². The summed E-state index contributed by atoms with van der Waals surface area (Å²) in [6.07, 6.45) is 2.71. The summed E-state index contributed by atoms with van der Waals surface area (Å²) >= 11 is 0. The fourth-order valence-corrected chi connectivity index (χ4v) is 3.73. The third-order valence-corrected chi connectivity index (χ3v) is 5.54. The van der Waals surface area contributed by atoms with Crippen LogP contribution in [0.2, 0.25) is 0 Å². The van der Waals surface area contributed by atoms with Crippen molar-refractivity contribution in [2.24, 2.45) is 0 Å². The SMILES string of the molecule is C.C.Nc1c(C(=O)O)ccnc1-c1cccc([N+](=O)[O-])c1.O=c1[nH]c(=O)c2ccnc(-c3cccc([N+](=O)[O-])c3)c2[nH]1. The van der Waals surface area contributed by atoms with Gasteiger partial charge in [-0.05, 0) is 12.1 Å². The number of carboxylic acids is 1. The van der Waals surface area contributed by atoms with Crippen molar-refractivity contribution in [2.75, 3.05) is 5.73 Å². The second-order valence-corrected chi connectivity index (χ2v) is 8.03. The van der Waals surface area contributed by atoms with Crippen molar-refractivity contribution >= 4 is 33.9 Å².